The number of methoxy groups -OCH3 is 1. The number of thiazole rings is 1. The fraction of sp³-hybridized carbons (Fsp3) is 0.0870. The summed E-state index contributed by atoms with van der Waals surface area (Å²) >= 11 is 1.39. The molecule has 0 aliphatic rings. The molecule has 4 aromatic rings. The van der Waals surface area contributed by atoms with Crippen molar-refractivity contribution in [2.24, 2.45) is 0 Å². The summed E-state index contributed by atoms with van der Waals surface area (Å²) in [7, 11) is 1.60. The number of anilines is 1. The number of hydrogen-bond acceptors (Lipinski definition) is 7. The van der Waals surface area contributed by atoms with Crippen LogP contribution in [0.15, 0.2) is 73.1 Å². The number of pyridine rings is 1. The van der Waals surface area contributed by atoms with E-state index in [1.807, 2.05) is 30.3 Å². The van der Waals surface area contributed by atoms with E-state index in [0.717, 1.165) is 15.8 Å². The van der Waals surface area contributed by atoms with Crippen LogP contribution in [0.4, 0.5) is 10.8 Å². The van der Waals surface area contributed by atoms with Crippen molar-refractivity contribution in [2.45, 2.75) is 6.54 Å². The number of ether oxygens (including phenoxy) is 1. The van der Waals surface area contributed by atoms with Gasteiger partial charge < -0.3 is 4.74 Å². The average molecular weight is 446 g/mol. The summed E-state index contributed by atoms with van der Waals surface area (Å²) < 4.78 is 6.18. The number of rotatable bonds is 7. The van der Waals surface area contributed by atoms with Crippen LogP contribution in [0.25, 0.3) is 16.3 Å². The molecule has 0 radical (unpaired) electrons. The first kappa shape index (κ1) is 21.1. The van der Waals surface area contributed by atoms with Gasteiger partial charge in [0, 0.05) is 30.6 Å². The number of nitro benzene ring substituents is 1. The fourth-order valence-corrected chi connectivity index (χ4v) is 4.04. The molecule has 0 spiro atoms. The lowest BCUT2D eigenvalue weighted by molar-refractivity contribution is -0.384. The fourth-order valence-electron chi connectivity index (χ4n) is 3.05. The van der Waals surface area contributed by atoms with Gasteiger partial charge in [-0.1, -0.05) is 23.5 Å². The second-order valence-electron chi connectivity index (χ2n) is 6.80. The molecular formula is C23H18N4O4S. The van der Waals surface area contributed by atoms with Gasteiger partial charge in [-0.3, -0.25) is 24.8 Å². The van der Waals surface area contributed by atoms with Crippen molar-refractivity contribution >= 4 is 44.4 Å². The minimum absolute atomic E-state index is 0.0339. The zero-order valence-corrected chi connectivity index (χ0v) is 17.9. The highest BCUT2D eigenvalue weighted by Gasteiger charge is 2.19. The zero-order valence-electron chi connectivity index (χ0n) is 17.0. The first-order valence-corrected chi connectivity index (χ1v) is 10.4. The molecule has 0 saturated carbocycles. The Hall–Kier alpha value is -4.11. The SMILES string of the molecule is COc1ccc2nc(N(Cc3ccncc3)C(=O)C=Cc3cccc([N+](=O)[O-])c3)sc2c1. The van der Waals surface area contributed by atoms with E-state index in [1.54, 1.807) is 42.6 Å². The molecule has 0 saturated heterocycles. The molecule has 9 heteroatoms. The second kappa shape index (κ2) is 9.36. The van der Waals surface area contributed by atoms with Crippen molar-refractivity contribution < 1.29 is 14.5 Å². The van der Waals surface area contributed by atoms with E-state index < -0.39 is 4.92 Å². The highest BCUT2D eigenvalue weighted by molar-refractivity contribution is 7.22. The monoisotopic (exact) mass is 446 g/mol. The van der Waals surface area contributed by atoms with Crippen molar-refractivity contribution in [1.29, 1.82) is 0 Å². The van der Waals surface area contributed by atoms with Gasteiger partial charge in [0.05, 0.1) is 28.8 Å². The van der Waals surface area contributed by atoms with Crippen LogP contribution < -0.4 is 9.64 Å². The van der Waals surface area contributed by atoms with E-state index in [2.05, 4.69) is 9.97 Å². The molecule has 0 bridgehead atoms. The summed E-state index contributed by atoms with van der Waals surface area (Å²) in [4.78, 5) is 33.9. The average Bonchev–Trinajstić information content (AvgIpc) is 3.24. The number of fused-ring (bicyclic) bond motifs is 1. The Morgan fingerprint density at radius 3 is 2.75 bits per heavy atom. The third kappa shape index (κ3) is 4.79. The smallest absolute Gasteiger partial charge is 0.270 e. The topological polar surface area (TPSA) is 98.5 Å². The maximum Gasteiger partial charge on any atom is 0.270 e. The zero-order chi connectivity index (χ0) is 22.5. The van der Waals surface area contributed by atoms with Crippen LogP contribution >= 0.6 is 11.3 Å². The summed E-state index contributed by atoms with van der Waals surface area (Å²) in [6, 6.07) is 15.3. The summed E-state index contributed by atoms with van der Waals surface area (Å²) in [5, 5.41) is 11.5. The molecule has 2 heterocycles. The molecule has 2 aromatic heterocycles. The van der Waals surface area contributed by atoms with Crippen LogP contribution in [-0.4, -0.2) is 27.9 Å². The second-order valence-corrected chi connectivity index (χ2v) is 7.80. The van der Waals surface area contributed by atoms with Gasteiger partial charge in [0.25, 0.3) is 11.6 Å². The Kier molecular flexibility index (Phi) is 6.18. The molecule has 32 heavy (non-hydrogen) atoms. The highest BCUT2D eigenvalue weighted by atomic mass is 32.1. The number of hydrogen-bond donors (Lipinski definition) is 0. The Morgan fingerprint density at radius 2 is 2.00 bits per heavy atom. The number of nitrogens with zero attached hydrogens (tertiary/aromatic N) is 4. The Bertz CT molecular complexity index is 1300. The van der Waals surface area contributed by atoms with E-state index in [9.17, 15) is 14.9 Å². The predicted octanol–water partition coefficient (Wildman–Crippen LogP) is 4.85. The lowest BCUT2D eigenvalue weighted by Gasteiger charge is -2.18. The molecular weight excluding hydrogens is 428 g/mol. The first-order chi connectivity index (χ1) is 15.5. The van der Waals surface area contributed by atoms with Crippen LogP contribution in [0.1, 0.15) is 11.1 Å². The maximum atomic E-state index is 13.2. The molecule has 0 aliphatic heterocycles. The molecule has 0 unspecified atom stereocenters. The van der Waals surface area contributed by atoms with Crippen LogP contribution in [0, 0.1) is 10.1 Å². The number of aromatic nitrogens is 2. The van der Waals surface area contributed by atoms with Crippen LogP contribution in [0.3, 0.4) is 0 Å². The van der Waals surface area contributed by atoms with Gasteiger partial charge in [-0.25, -0.2) is 4.98 Å². The minimum atomic E-state index is -0.468. The lowest BCUT2D eigenvalue weighted by atomic mass is 10.2. The molecule has 0 fully saturated rings. The highest BCUT2D eigenvalue weighted by Crippen LogP contribution is 2.32. The van der Waals surface area contributed by atoms with E-state index in [4.69, 9.17) is 4.74 Å². The number of benzene rings is 2. The third-order valence-electron chi connectivity index (χ3n) is 4.67. The van der Waals surface area contributed by atoms with Gasteiger partial charge in [-0.2, -0.15) is 0 Å². The van der Waals surface area contributed by atoms with Gasteiger partial charge in [0.2, 0.25) is 0 Å². The van der Waals surface area contributed by atoms with Gasteiger partial charge >= 0.3 is 0 Å². The summed E-state index contributed by atoms with van der Waals surface area (Å²) in [6.07, 6.45) is 6.29. The molecule has 4 rings (SSSR count). The number of carbonyl (C=O) groups is 1. The molecule has 1 amide bonds. The molecule has 2 aromatic carbocycles. The van der Waals surface area contributed by atoms with Gasteiger partial charge in [0.15, 0.2) is 5.13 Å². The van der Waals surface area contributed by atoms with Gasteiger partial charge in [-0.15, -0.1) is 0 Å². The molecule has 160 valence electrons. The predicted molar refractivity (Wildman–Crippen MR) is 124 cm³/mol. The Labute approximate surface area is 187 Å². The number of non-ortho nitro benzene ring substituents is 1. The van der Waals surface area contributed by atoms with E-state index in [0.29, 0.717) is 23.0 Å². The van der Waals surface area contributed by atoms with Crippen molar-refractivity contribution in [3.8, 4) is 5.75 Å². The molecule has 8 nitrogen and oxygen atoms in total. The molecule has 0 aliphatic carbocycles. The number of nitro groups is 1. The van der Waals surface area contributed by atoms with Crippen molar-refractivity contribution in [3.63, 3.8) is 0 Å². The van der Waals surface area contributed by atoms with Crippen LogP contribution in [-0.2, 0) is 11.3 Å². The van der Waals surface area contributed by atoms with Crippen molar-refractivity contribution in [1.82, 2.24) is 9.97 Å². The largest absolute Gasteiger partial charge is 0.497 e. The van der Waals surface area contributed by atoms with E-state index in [1.165, 1.54) is 29.5 Å². The maximum absolute atomic E-state index is 13.2. The normalized spacial score (nSPS) is 11.0. The van der Waals surface area contributed by atoms with E-state index >= 15 is 0 Å². The van der Waals surface area contributed by atoms with Crippen LogP contribution in [0.5, 0.6) is 5.75 Å². The minimum Gasteiger partial charge on any atom is -0.497 e. The van der Waals surface area contributed by atoms with Crippen molar-refractivity contribution in [3.05, 3.63) is 94.3 Å². The van der Waals surface area contributed by atoms with Crippen LogP contribution in [0.2, 0.25) is 0 Å². The summed E-state index contributed by atoms with van der Waals surface area (Å²) in [5.41, 5.74) is 2.19. The van der Waals surface area contributed by atoms with Crippen molar-refractivity contribution in [2.75, 3.05) is 12.0 Å². The summed E-state index contributed by atoms with van der Waals surface area (Å²) in [5.74, 6) is 0.421. The Balaban J connectivity index is 1.67. The van der Waals surface area contributed by atoms with E-state index in [-0.39, 0.29) is 11.6 Å². The molecule has 0 N–H and O–H groups in total. The Morgan fingerprint density at radius 1 is 1.19 bits per heavy atom. The van der Waals surface area contributed by atoms with Gasteiger partial charge in [0.1, 0.15) is 5.75 Å². The third-order valence-corrected chi connectivity index (χ3v) is 5.71. The number of amides is 1. The summed E-state index contributed by atoms with van der Waals surface area (Å²) in [6.45, 7) is 0.303. The quantitative estimate of drug-likeness (QED) is 0.229. The number of carbonyl (C=O) groups excluding carboxylic acids is 1. The van der Waals surface area contributed by atoms with Gasteiger partial charge in [-0.05, 0) is 47.5 Å². The molecule has 0 atom stereocenters. The first-order valence-electron chi connectivity index (χ1n) is 9.61. The standard InChI is InChI=1S/C23H18N4O4S/c1-31-19-6-7-20-21(14-19)32-23(25-20)26(15-17-9-11-24-12-10-17)22(28)8-5-16-3-2-4-18(13-16)27(29)30/h2-14H,15H2,1H3. The lowest BCUT2D eigenvalue weighted by Crippen LogP contribution is -2.28.